The number of rotatable bonds is 5. The van der Waals surface area contributed by atoms with Crippen molar-refractivity contribution in [3.05, 3.63) is 59.7 Å². The number of hydrogen-bond acceptors (Lipinski definition) is 4. The zero-order chi connectivity index (χ0) is 14.2. The first-order chi connectivity index (χ1) is 9.77. The minimum Gasteiger partial charge on any atom is -0.507 e. The van der Waals surface area contributed by atoms with Crippen molar-refractivity contribution in [1.82, 2.24) is 0 Å². The molecule has 5 heteroatoms. The van der Waals surface area contributed by atoms with Crippen molar-refractivity contribution in [1.29, 1.82) is 0 Å². The summed E-state index contributed by atoms with van der Waals surface area (Å²) in [5, 5.41) is 19.1. The van der Waals surface area contributed by atoms with E-state index in [1.165, 1.54) is 0 Å². The van der Waals surface area contributed by atoms with Gasteiger partial charge >= 0.3 is 0 Å². The van der Waals surface area contributed by atoms with Crippen LogP contribution in [0.1, 0.15) is 11.1 Å². The van der Waals surface area contributed by atoms with Gasteiger partial charge in [0.25, 0.3) is 0 Å². The Morgan fingerprint density at radius 3 is 1.48 bits per heavy atom. The van der Waals surface area contributed by atoms with Crippen LogP contribution in [0.15, 0.2) is 58.5 Å². The molecule has 0 heterocycles. The van der Waals surface area contributed by atoms with Crippen LogP contribution < -0.4 is 0 Å². The second-order valence-corrected chi connectivity index (χ2v) is 4.19. The van der Waals surface area contributed by atoms with Crippen molar-refractivity contribution in [2.75, 3.05) is 13.1 Å². The van der Waals surface area contributed by atoms with Gasteiger partial charge in [0.05, 0.1) is 13.1 Å². The molecule has 0 saturated heterocycles. The average molecular weight is 332 g/mol. The van der Waals surface area contributed by atoms with Gasteiger partial charge in [0.1, 0.15) is 11.5 Å². The van der Waals surface area contributed by atoms with Crippen LogP contribution in [0, 0.1) is 0 Å². The zero-order valence-corrected chi connectivity index (χ0v) is 12.2. The van der Waals surface area contributed by atoms with Gasteiger partial charge in [-0.05, 0) is 24.3 Å². The summed E-state index contributed by atoms with van der Waals surface area (Å²) in [6.45, 7) is 1.05. The van der Waals surface area contributed by atoms with E-state index in [1.54, 1.807) is 48.8 Å². The van der Waals surface area contributed by atoms with Crippen LogP contribution in [0.3, 0.4) is 0 Å². The molecule has 0 unspecified atom stereocenters. The summed E-state index contributed by atoms with van der Waals surface area (Å²) in [6, 6.07) is 14.1. The molecule has 0 bridgehead atoms. The van der Waals surface area contributed by atoms with Gasteiger partial charge in [-0.25, -0.2) is 0 Å². The minimum absolute atomic E-state index is 0. The standard InChI is InChI=1S/C16H16N2O2.Cu/c19-15-7-3-1-5-13(15)11-17-9-10-18-12-14-6-2-4-8-16(14)20;/h1-8,11-12,19-20H,9-10H2;. The van der Waals surface area contributed by atoms with Gasteiger partial charge in [-0.3, -0.25) is 9.98 Å². The number of phenolic OH excluding ortho intramolecular Hbond substituents is 2. The van der Waals surface area contributed by atoms with Crippen LogP contribution in [0.4, 0.5) is 0 Å². The first-order valence-electron chi connectivity index (χ1n) is 6.33. The van der Waals surface area contributed by atoms with E-state index in [4.69, 9.17) is 0 Å². The number of hydrogen-bond donors (Lipinski definition) is 2. The Bertz CT molecular complexity index is 572. The van der Waals surface area contributed by atoms with E-state index < -0.39 is 0 Å². The van der Waals surface area contributed by atoms with Crippen LogP contribution in [0.25, 0.3) is 0 Å². The fourth-order valence-corrected chi connectivity index (χ4v) is 1.63. The molecule has 0 aliphatic carbocycles. The van der Waals surface area contributed by atoms with Gasteiger partial charge < -0.3 is 10.2 Å². The normalized spacial score (nSPS) is 10.9. The summed E-state index contributed by atoms with van der Waals surface area (Å²) in [7, 11) is 0. The summed E-state index contributed by atoms with van der Waals surface area (Å²) in [6.07, 6.45) is 3.26. The Morgan fingerprint density at radius 2 is 1.10 bits per heavy atom. The van der Waals surface area contributed by atoms with Crippen LogP contribution in [0.5, 0.6) is 11.5 Å². The molecule has 113 valence electrons. The largest absolute Gasteiger partial charge is 0.507 e. The molecule has 0 saturated carbocycles. The third-order valence-corrected chi connectivity index (χ3v) is 2.69. The summed E-state index contributed by atoms with van der Waals surface area (Å²) in [5.74, 6) is 0.433. The molecule has 0 aliphatic heterocycles. The van der Waals surface area contributed by atoms with Crippen LogP contribution in [-0.4, -0.2) is 35.7 Å². The molecule has 2 aromatic rings. The number of phenols is 2. The van der Waals surface area contributed by atoms with E-state index in [0.29, 0.717) is 24.2 Å². The first-order valence-corrected chi connectivity index (χ1v) is 6.33. The van der Waals surface area contributed by atoms with Crippen LogP contribution in [-0.2, 0) is 17.1 Å². The van der Waals surface area contributed by atoms with Crippen molar-refractivity contribution >= 4 is 12.4 Å². The van der Waals surface area contributed by atoms with E-state index in [2.05, 4.69) is 9.98 Å². The predicted octanol–water partition coefficient (Wildman–Crippen LogP) is 2.63. The summed E-state index contributed by atoms with van der Waals surface area (Å²) in [5.41, 5.74) is 1.38. The fraction of sp³-hybridized carbons (Fsp3) is 0.125. The molecular formula is C16H16CuN2O2. The van der Waals surface area contributed by atoms with E-state index >= 15 is 0 Å². The topological polar surface area (TPSA) is 65.2 Å². The molecule has 2 rings (SSSR count). The zero-order valence-electron chi connectivity index (χ0n) is 11.3. The quantitative estimate of drug-likeness (QED) is 0.502. The van der Waals surface area contributed by atoms with Gasteiger partial charge in [0.15, 0.2) is 0 Å². The smallest absolute Gasteiger partial charge is 0.124 e. The molecule has 21 heavy (non-hydrogen) atoms. The maximum absolute atomic E-state index is 9.54. The van der Waals surface area contributed by atoms with Gasteiger partial charge in [-0.2, -0.15) is 0 Å². The van der Waals surface area contributed by atoms with Crippen molar-refractivity contribution in [2.45, 2.75) is 0 Å². The van der Waals surface area contributed by atoms with Gasteiger partial charge in [-0.1, -0.05) is 24.3 Å². The molecule has 1 radical (unpaired) electrons. The van der Waals surface area contributed by atoms with E-state index in [1.807, 2.05) is 12.1 Å². The second-order valence-electron chi connectivity index (χ2n) is 4.19. The molecule has 0 spiro atoms. The van der Waals surface area contributed by atoms with Crippen molar-refractivity contribution in [2.24, 2.45) is 9.98 Å². The summed E-state index contributed by atoms with van der Waals surface area (Å²) in [4.78, 5) is 8.39. The number of nitrogens with zero attached hydrogens (tertiary/aromatic N) is 2. The van der Waals surface area contributed by atoms with Gasteiger partial charge in [-0.15, -0.1) is 0 Å². The third-order valence-electron chi connectivity index (χ3n) is 2.69. The molecule has 0 aliphatic rings. The summed E-state index contributed by atoms with van der Waals surface area (Å²) >= 11 is 0. The number of para-hydroxylation sites is 2. The Balaban J connectivity index is 0.00000220. The van der Waals surface area contributed by atoms with Crippen molar-refractivity contribution < 1.29 is 27.3 Å². The molecule has 0 atom stereocenters. The average Bonchev–Trinajstić information content (AvgIpc) is 2.46. The van der Waals surface area contributed by atoms with Gasteiger partial charge in [0, 0.05) is 40.6 Å². The van der Waals surface area contributed by atoms with Gasteiger partial charge in [0.2, 0.25) is 0 Å². The Morgan fingerprint density at radius 1 is 0.714 bits per heavy atom. The van der Waals surface area contributed by atoms with Crippen molar-refractivity contribution in [3.8, 4) is 11.5 Å². The number of aromatic hydroxyl groups is 2. The maximum atomic E-state index is 9.54. The van der Waals surface area contributed by atoms with Crippen LogP contribution in [0.2, 0.25) is 0 Å². The van der Waals surface area contributed by atoms with E-state index in [-0.39, 0.29) is 28.6 Å². The number of benzene rings is 2. The van der Waals surface area contributed by atoms with E-state index in [9.17, 15) is 10.2 Å². The first kappa shape index (κ1) is 17.0. The third kappa shape index (κ3) is 5.42. The Kier molecular flexibility index (Phi) is 7.22. The van der Waals surface area contributed by atoms with Crippen molar-refractivity contribution in [3.63, 3.8) is 0 Å². The molecular weight excluding hydrogens is 316 g/mol. The SMILES string of the molecule is Oc1ccccc1C=NCCN=Cc1ccccc1O.[Cu]. The predicted molar refractivity (Wildman–Crippen MR) is 81.1 cm³/mol. The summed E-state index contributed by atoms with van der Waals surface area (Å²) < 4.78 is 0. The molecule has 0 aromatic heterocycles. The molecule has 0 fully saturated rings. The monoisotopic (exact) mass is 331 g/mol. The molecule has 2 N–H and O–H groups in total. The molecule has 0 amide bonds. The van der Waals surface area contributed by atoms with E-state index in [0.717, 1.165) is 0 Å². The molecule has 2 aromatic carbocycles. The Labute approximate surface area is 134 Å². The Hall–Kier alpha value is -2.10. The second kappa shape index (κ2) is 8.95. The van der Waals surface area contributed by atoms with Crippen LogP contribution >= 0.6 is 0 Å². The maximum Gasteiger partial charge on any atom is 0.124 e. The minimum atomic E-state index is 0. The number of aliphatic imine (C=N–C) groups is 2. The molecule has 4 nitrogen and oxygen atoms in total. The fourth-order valence-electron chi connectivity index (χ4n) is 1.63.